The lowest BCUT2D eigenvalue weighted by Crippen LogP contribution is -2.14. The second-order valence-corrected chi connectivity index (χ2v) is 8.05. The third-order valence-electron chi connectivity index (χ3n) is 6.00. The lowest BCUT2D eigenvalue weighted by molar-refractivity contribution is 0.456. The van der Waals surface area contributed by atoms with Gasteiger partial charge < -0.3 is 5.32 Å². The van der Waals surface area contributed by atoms with Crippen LogP contribution in [0.3, 0.4) is 0 Å². The Kier molecular flexibility index (Phi) is 2.14. The minimum absolute atomic E-state index is 0.693. The molecule has 0 spiro atoms. The molecule has 0 aliphatic heterocycles. The summed E-state index contributed by atoms with van der Waals surface area (Å²) < 4.78 is 0. The van der Waals surface area contributed by atoms with Crippen LogP contribution < -0.4 is 5.32 Å². The summed E-state index contributed by atoms with van der Waals surface area (Å²) in [5, 5.41) is 5.03. The number of fused-ring (bicyclic) bond motifs is 6. The van der Waals surface area contributed by atoms with Crippen molar-refractivity contribution in [1.82, 2.24) is 9.97 Å². The van der Waals surface area contributed by atoms with E-state index < -0.39 is 0 Å². The normalized spacial score (nSPS) is 37.4. The molecule has 20 heavy (non-hydrogen) atoms. The van der Waals surface area contributed by atoms with Crippen molar-refractivity contribution in [2.24, 2.45) is 23.7 Å². The van der Waals surface area contributed by atoms with E-state index in [0.717, 1.165) is 34.3 Å². The Morgan fingerprint density at radius 1 is 1.15 bits per heavy atom. The van der Waals surface area contributed by atoms with Crippen LogP contribution in [0.15, 0.2) is 6.33 Å². The molecule has 0 saturated heterocycles. The van der Waals surface area contributed by atoms with Crippen molar-refractivity contribution in [1.29, 1.82) is 0 Å². The molecule has 0 amide bonds. The van der Waals surface area contributed by atoms with Crippen LogP contribution in [0, 0.1) is 37.5 Å². The summed E-state index contributed by atoms with van der Waals surface area (Å²) in [5.74, 6) is 4.98. The predicted octanol–water partition coefficient (Wildman–Crippen LogP) is 3.76. The average Bonchev–Trinajstić information content (AvgIpc) is 2.78. The van der Waals surface area contributed by atoms with Crippen LogP contribution in [-0.2, 0) is 0 Å². The molecule has 5 rings (SSSR count). The maximum atomic E-state index is 4.54. The van der Waals surface area contributed by atoms with Gasteiger partial charge in [-0.15, -0.1) is 11.3 Å². The van der Waals surface area contributed by atoms with E-state index in [9.17, 15) is 0 Å². The number of rotatable bonds is 2. The van der Waals surface area contributed by atoms with Crippen molar-refractivity contribution >= 4 is 27.4 Å². The van der Waals surface area contributed by atoms with E-state index in [1.165, 1.54) is 35.1 Å². The summed E-state index contributed by atoms with van der Waals surface area (Å²) in [7, 11) is 0. The number of aryl methyl sites for hydroxylation is 2. The fraction of sp³-hybridized carbons (Fsp3) is 0.625. The highest BCUT2D eigenvalue weighted by molar-refractivity contribution is 7.18. The Balaban J connectivity index is 1.51. The Morgan fingerprint density at radius 2 is 1.90 bits per heavy atom. The fourth-order valence-corrected chi connectivity index (χ4v) is 5.96. The molecular formula is C16H19N3S. The Hall–Kier alpha value is -1.16. The fourth-order valence-electron chi connectivity index (χ4n) is 4.97. The standard InChI is InChI=1S/C16H19N3S/c1-7-8(2)20-16-11(7)15(17-6-18-16)19-14-12-9-3-4-10(5-9)13(12)14/h6,9-10,12-14H,3-5H2,1-2H3,(H,17,18,19). The highest BCUT2D eigenvalue weighted by Crippen LogP contribution is 2.66. The molecule has 3 aliphatic rings. The van der Waals surface area contributed by atoms with Crippen LogP contribution in [-0.4, -0.2) is 16.0 Å². The number of hydrogen-bond acceptors (Lipinski definition) is 4. The van der Waals surface area contributed by atoms with Crippen LogP contribution in [0.2, 0.25) is 0 Å². The number of nitrogens with one attached hydrogen (secondary N) is 1. The number of aromatic nitrogens is 2. The van der Waals surface area contributed by atoms with Gasteiger partial charge in [0.05, 0.1) is 5.39 Å². The minimum Gasteiger partial charge on any atom is -0.366 e. The lowest BCUT2D eigenvalue weighted by Gasteiger charge is -2.12. The van der Waals surface area contributed by atoms with Gasteiger partial charge in [0, 0.05) is 10.9 Å². The third-order valence-corrected chi connectivity index (χ3v) is 7.12. The first kappa shape index (κ1) is 11.5. The number of thiophene rings is 1. The van der Waals surface area contributed by atoms with Crippen molar-refractivity contribution < 1.29 is 0 Å². The van der Waals surface area contributed by atoms with Crippen LogP contribution in [0.4, 0.5) is 5.82 Å². The predicted molar refractivity (Wildman–Crippen MR) is 82.1 cm³/mol. The number of nitrogens with zero attached hydrogens (tertiary/aromatic N) is 2. The SMILES string of the molecule is Cc1sc2ncnc(NC3C4C5CCC(C5)C34)c2c1C. The maximum absolute atomic E-state index is 4.54. The molecule has 4 heteroatoms. The largest absolute Gasteiger partial charge is 0.366 e. The van der Waals surface area contributed by atoms with Crippen molar-refractivity contribution in [3.63, 3.8) is 0 Å². The third kappa shape index (κ3) is 1.36. The quantitative estimate of drug-likeness (QED) is 0.913. The smallest absolute Gasteiger partial charge is 0.138 e. The molecule has 0 radical (unpaired) electrons. The molecule has 3 nitrogen and oxygen atoms in total. The first-order valence-corrected chi connectivity index (χ1v) is 8.53. The van der Waals surface area contributed by atoms with E-state index in [1.807, 2.05) is 0 Å². The van der Waals surface area contributed by atoms with Crippen LogP contribution >= 0.6 is 11.3 Å². The van der Waals surface area contributed by atoms with Gasteiger partial charge in [-0.2, -0.15) is 0 Å². The highest BCUT2D eigenvalue weighted by Gasteiger charge is 2.65. The molecule has 4 atom stereocenters. The van der Waals surface area contributed by atoms with Crippen molar-refractivity contribution in [3.05, 3.63) is 16.8 Å². The van der Waals surface area contributed by atoms with E-state index in [1.54, 1.807) is 17.7 Å². The van der Waals surface area contributed by atoms with Gasteiger partial charge >= 0.3 is 0 Å². The Bertz CT molecular complexity index is 691. The Morgan fingerprint density at radius 3 is 2.65 bits per heavy atom. The van der Waals surface area contributed by atoms with Gasteiger partial charge in [-0.1, -0.05) is 0 Å². The van der Waals surface area contributed by atoms with Crippen molar-refractivity contribution in [2.75, 3.05) is 5.32 Å². The highest BCUT2D eigenvalue weighted by atomic mass is 32.1. The number of anilines is 1. The Labute approximate surface area is 122 Å². The minimum atomic E-state index is 0.693. The zero-order chi connectivity index (χ0) is 13.4. The molecule has 2 aromatic heterocycles. The van der Waals surface area contributed by atoms with Crippen LogP contribution in [0.1, 0.15) is 29.7 Å². The first-order valence-electron chi connectivity index (χ1n) is 7.71. The van der Waals surface area contributed by atoms with E-state index in [-0.39, 0.29) is 0 Å². The second kappa shape index (κ2) is 3.73. The van der Waals surface area contributed by atoms with Gasteiger partial charge in [0.2, 0.25) is 0 Å². The van der Waals surface area contributed by atoms with Gasteiger partial charge in [0.1, 0.15) is 17.0 Å². The zero-order valence-corrected chi connectivity index (χ0v) is 12.7. The summed E-state index contributed by atoms with van der Waals surface area (Å²) >= 11 is 1.78. The van der Waals surface area contributed by atoms with Gasteiger partial charge in [0.15, 0.2) is 0 Å². The first-order chi connectivity index (χ1) is 9.74. The summed E-state index contributed by atoms with van der Waals surface area (Å²) in [5.41, 5.74) is 1.35. The molecule has 2 heterocycles. The monoisotopic (exact) mass is 285 g/mol. The van der Waals surface area contributed by atoms with E-state index in [2.05, 4.69) is 29.1 Å². The van der Waals surface area contributed by atoms with Crippen molar-refractivity contribution in [2.45, 2.75) is 39.2 Å². The van der Waals surface area contributed by atoms with Crippen LogP contribution in [0.5, 0.6) is 0 Å². The van der Waals surface area contributed by atoms with Gasteiger partial charge in [-0.05, 0) is 62.3 Å². The van der Waals surface area contributed by atoms with Gasteiger partial charge in [0.25, 0.3) is 0 Å². The molecule has 2 aromatic rings. The molecule has 3 aliphatic carbocycles. The van der Waals surface area contributed by atoms with E-state index in [0.29, 0.717) is 6.04 Å². The number of hydrogen-bond donors (Lipinski definition) is 1. The maximum Gasteiger partial charge on any atom is 0.138 e. The molecule has 3 fully saturated rings. The second-order valence-electron chi connectivity index (χ2n) is 6.84. The molecule has 3 saturated carbocycles. The van der Waals surface area contributed by atoms with E-state index in [4.69, 9.17) is 0 Å². The molecule has 1 N–H and O–H groups in total. The molecule has 4 unspecified atom stereocenters. The summed E-state index contributed by atoms with van der Waals surface area (Å²) in [6, 6.07) is 0.693. The average molecular weight is 285 g/mol. The molecule has 104 valence electrons. The molecule has 0 aromatic carbocycles. The van der Waals surface area contributed by atoms with Crippen LogP contribution in [0.25, 0.3) is 10.2 Å². The zero-order valence-electron chi connectivity index (χ0n) is 11.9. The van der Waals surface area contributed by atoms with Gasteiger partial charge in [-0.25, -0.2) is 9.97 Å². The molecule has 2 bridgehead atoms. The van der Waals surface area contributed by atoms with Gasteiger partial charge in [-0.3, -0.25) is 0 Å². The summed E-state index contributed by atoms with van der Waals surface area (Å²) in [4.78, 5) is 11.5. The molecular weight excluding hydrogens is 266 g/mol. The topological polar surface area (TPSA) is 37.8 Å². The summed E-state index contributed by atoms with van der Waals surface area (Å²) in [6.45, 7) is 4.37. The van der Waals surface area contributed by atoms with E-state index >= 15 is 0 Å². The van der Waals surface area contributed by atoms with Crippen molar-refractivity contribution in [3.8, 4) is 0 Å². The summed E-state index contributed by atoms with van der Waals surface area (Å²) in [6.07, 6.45) is 6.16. The lowest BCUT2D eigenvalue weighted by atomic mass is 10.0.